The summed E-state index contributed by atoms with van der Waals surface area (Å²) in [5, 5.41) is 8.45. The lowest BCUT2D eigenvalue weighted by Crippen LogP contribution is -2.30. The molecule has 11 nitrogen and oxygen atoms in total. The van der Waals surface area contributed by atoms with E-state index in [1.54, 1.807) is 24.3 Å². The molecule has 0 bridgehead atoms. The fourth-order valence-electron chi connectivity index (χ4n) is 4.41. The van der Waals surface area contributed by atoms with E-state index in [1.807, 2.05) is 43.3 Å². The number of rotatable bonds is 18. The van der Waals surface area contributed by atoms with Crippen LogP contribution in [0.15, 0.2) is 83.0 Å². The number of carbonyl (C=O) groups is 3. The summed E-state index contributed by atoms with van der Waals surface area (Å²) in [6.07, 6.45) is -0.327. The minimum absolute atomic E-state index is 0.00908. The molecule has 3 rings (SSSR count). The molecule has 0 amide bonds. The van der Waals surface area contributed by atoms with Crippen LogP contribution in [0.4, 0.5) is 21.5 Å². The van der Waals surface area contributed by atoms with E-state index in [-0.39, 0.29) is 17.8 Å². The summed E-state index contributed by atoms with van der Waals surface area (Å²) in [6.45, 7) is 0. The fourth-order valence-corrected chi connectivity index (χ4v) is 4.83. The molecule has 3 aromatic rings. The minimum Gasteiger partial charge on any atom is -0.404 e. The van der Waals surface area contributed by atoms with Crippen LogP contribution in [0.25, 0.3) is 0 Å². The van der Waals surface area contributed by atoms with Gasteiger partial charge in [0.25, 0.3) is 0 Å². The number of halogens is 1. The van der Waals surface area contributed by atoms with E-state index in [0.717, 1.165) is 17.4 Å². The van der Waals surface area contributed by atoms with Gasteiger partial charge in [-0.25, -0.2) is 8.96 Å². The second-order valence-corrected chi connectivity index (χ2v) is 11.9. The number of phosphoric ester groups is 1. The molecule has 0 radical (unpaired) electrons. The molecule has 0 aromatic heterocycles. The van der Waals surface area contributed by atoms with E-state index in [2.05, 4.69) is 14.8 Å². The molecule has 0 saturated heterocycles. The van der Waals surface area contributed by atoms with Gasteiger partial charge < -0.3 is 15.2 Å². The average molecular weight is 641 g/mol. The van der Waals surface area contributed by atoms with Crippen LogP contribution in [0.5, 0.6) is 5.75 Å². The molecule has 0 aliphatic carbocycles. The van der Waals surface area contributed by atoms with E-state index in [0.29, 0.717) is 43.4 Å². The summed E-state index contributed by atoms with van der Waals surface area (Å²) in [5.74, 6) is -1.78. The number of nitrogens with zero attached hydrogens (tertiary/aromatic N) is 3. The molecule has 13 heteroatoms. The van der Waals surface area contributed by atoms with Crippen LogP contribution in [0.2, 0.25) is 0 Å². The predicted molar refractivity (Wildman–Crippen MR) is 169 cm³/mol. The second-order valence-electron chi connectivity index (χ2n) is 10.7. The van der Waals surface area contributed by atoms with Crippen LogP contribution in [-0.2, 0) is 14.2 Å². The van der Waals surface area contributed by atoms with Crippen molar-refractivity contribution in [2.45, 2.75) is 57.2 Å². The van der Waals surface area contributed by atoms with E-state index in [9.17, 15) is 23.3 Å². The molecule has 4 N–H and O–H groups in total. The Morgan fingerprint density at radius 2 is 1.42 bits per heavy atom. The largest absolute Gasteiger partial charge is 0.524 e. The number of benzene rings is 3. The van der Waals surface area contributed by atoms with Gasteiger partial charge in [0.15, 0.2) is 17.7 Å². The molecule has 45 heavy (non-hydrogen) atoms. The molecular weight excluding hydrogens is 602 g/mol. The molecule has 0 fully saturated rings. The Bertz CT molecular complexity index is 1530. The van der Waals surface area contributed by atoms with Gasteiger partial charge >= 0.3 is 7.82 Å². The van der Waals surface area contributed by atoms with Crippen LogP contribution in [0.3, 0.4) is 0 Å². The molecule has 2 unspecified atom stereocenters. The topological polar surface area (TPSA) is 172 Å². The summed E-state index contributed by atoms with van der Waals surface area (Å²) in [5.41, 5.74) is 8.62. The molecule has 0 aliphatic rings. The lowest BCUT2D eigenvalue weighted by atomic mass is 9.97. The Morgan fingerprint density at radius 1 is 0.844 bits per heavy atom. The highest BCUT2D eigenvalue weighted by molar-refractivity contribution is 7.46. The van der Waals surface area contributed by atoms with Gasteiger partial charge in [0.05, 0.1) is 17.4 Å². The predicted octanol–water partition coefficient (Wildman–Crippen LogP) is 6.73. The smallest absolute Gasteiger partial charge is 0.404 e. The van der Waals surface area contributed by atoms with Gasteiger partial charge in [-0.15, -0.1) is 0 Å². The van der Waals surface area contributed by atoms with Crippen molar-refractivity contribution < 1.29 is 37.6 Å². The number of ketones is 3. The van der Waals surface area contributed by atoms with E-state index in [1.165, 1.54) is 18.2 Å². The Hall–Kier alpha value is -4.09. The molecule has 240 valence electrons. The molecule has 0 saturated carbocycles. The average Bonchev–Trinajstić information content (AvgIpc) is 3.01. The second kappa shape index (κ2) is 16.8. The Kier molecular flexibility index (Phi) is 13.2. The number of Topliss-reactive ketones (excluding diaryl/α,β-unsaturated/α-hetero) is 3. The van der Waals surface area contributed by atoms with Crippen LogP contribution in [0.1, 0.15) is 67.0 Å². The highest BCUT2D eigenvalue weighted by Crippen LogP contribution is 2.41. The number of alkyl halides is 1. The number of phosphoric acid groups is 1. The molecule has 0 spiro atoms. The van der Waals surface area contributed by atoms with Crippen LogP contribution in [0, 0.1) is 0 Å². The van der Waals surface area contributed by atoms with Crippen molar-refractivity contribution >= 4 is 42.2 Å². The first kappa shape index (κ1) is 35.4. The number of carbonyl (C=O) groups excluding carboxylic acids is 3. The summed E-state index contributed by atoms with van der Waals surface area (Å²) >= 11 is 0. The maximum atomic E-state index is 14.8. The van der Waals surface area contributed by atoms with E-state index in [4.69, 9.17) is 15.5 Å². The van der Waals surface area contributed by atoms with Gasteiger partial charge in [0.1, 0.15) is 11.5 Å². The van der Waals surface area contributed by atoms with Crippen molar-refractivity contribution in [2.24, 2.45) is 16.0 Å². The van der Waals surface area contributed by atoms with Crippen LogP contribution in [-0.4, -0.2) is 47.3 Å². The van der Waals surface area contributed by atoms with Crippen LogP contribution >= 0.6 is 7.82 Å². The van der Waals surface area contributed by atoms with Crippen molar-refractivity contribution in [3.8, 4) is 5.75 Å². The van der Waals surface area contributed by atoms with Gasteiger partial charge in [-0.1, -0.05) is 31.0 Å². The molecule has 0 aliphatic heterocycles. The SMILES string of the molecule is CN(C)c1ccc(N=Nc2ccc(C(=O)CCCCCC(N)C(=O)CCC(=O)C(F)c3ccccc3OP(=O)(O)O)cc2)cc1. The molecular formula is C32H38FN4O7P. The number of anilines is 1. The van der Waals surface area contributed by atoms with Crippen molar-refractivity contribution in [1.29, 1.82) is 0 Å². The molecule has 2 atom stereocenters. The quantitative estimate of drug-likeness (QED) is 0.0590. The van der Waals surface area contributed by atoms with Gasteiger partial charge in [0, 0.05) is 50.2 Å². The number of nitrogens with two attached hydrogens (primary N) is 1. The van der Waals surface area contributed by atoms with Crippen molar-refractivity contribution in [1.82, 2.24) is 0 Å². The summed E-state index contributed by atoms with van der Waals surface area (Å²) in [7, 11) is -1.04. The maximum absolute atomic E-state index is 14.8. The number of hydrogen-bond donors (Lipinski definition) is 3. The zero-order chi connectivity index (χ0) is 33.0. The number of hydrogen-bond acceptors (Lipinski definition) is 9. The fraction of sp³-hybridized carbons (Fsp3) is 0.344. The minimum atomic E-state index is -4.96. The Balaban J connectivity index is 1.35. The third kappa shape index (κ3) is 11.7. The first-order valence-electron chi connectivity index (χ1n) is 14.5. The van der Waals surface area contributed by atoms with Gasteiger partial charge in [-0.05, 0) is 67.4 Å². The highest BCUT2D eigenvalue weighted by Gasteiger charge is 2.27. The van der Waals surface area contributed by atoms with E-state index >= 15 is 0 Å². The third-order valence-electron chi connectivity index (χ3n) is 6.98. The Labute approximate surface area is 261 Å². The standard InChI is InChI=1S/C32H38FN4O7P/c1-37(2)25-18-16-24(17-19-25)36-35-23-14-12-22(13-15-23)28(38)10-5-3-4-9-27(34)29(39)20-21-30(40)32(33)26-8-6-7-11-31(26)44-45(41,42)43/h6-8,11-19,27,32H,3-5,9-10,20-21,34H2,1-2H3,(H2,41,42,43). The number of unbranched alkanes of at least 4 members (excludes halogenated alkanes) is 2. The Morgan fingerprint density at radius 3 is 2.02 bits per heavy atom. The number of azo groups is 1. The van der Waals surface area contributed by atoms with Gasteiger partial charge in [0.2, 0.25) is 0 Å². The van der Waals surface area contributed by atoms with Crippen molar-refractivity contribution in [3.05, 3.63) is 83.9 Å². The summed E-state index contributed by atoms with van der Waals surface area (Å²) < 4.78 is 30.4. The van der Waals surface area contributed by atoms with Crippen molar-refractivity contribution in [2.75, 3.05) is 19.0 Å². The highest BCUT2D eigenvalue weighted by atomic mass is 31.2. The third-order valence-corrected chi connectivity index (χ3v) is 7.41. The first-order valence-corrected chi connectivity index (χ1v) is 16.0. The monoisotopic (exact) mass is 640 g/mol. The first-order chi connectivity index (χ1) is 21.3. The lowest BCUT2D eigenvalue weighted by Gasteiger charge is -2.15. The zero-order valence-electron chi connectivity index (χ0n) is 25.2. The number of para-hydroxylation sites is 1. The van der Waals surface area contributed by atoms with Gasteiger partial charge in [-0.2, -0.15) is 10.2 Å². The maximum Gasteiger partial charge on any atom is 0.524 e. The van der Waals surface area contributed by atoms with Crippen molar-refractivity contribution in [3.63, 3.8) is 0 Å². The lowest BCUT2D eigenvalue weighted by molar-refractivity contribution is -0.127. The van der Waals surface area contributed by atoms with E-state index < -0.39 is 43.8 Å². The molecule has 3 aromatic carbocycles. The molecule has 0 heterocycles. The summed E-state index contributed by atoms with van der Waals surface area (Å²) in [6, 6.07) is 18.8. The van der Waals surface area contributed by atoms with Gasteiger partial charge in [-0.3, -0.25) is 24.2 Å². The normalized spacial score (nSPS) is 12.9. The summed E-state index contributed by atoms with van der Waals surface area (Å²) in [4.78, 5) is 57.3. The van der Waals surface area contributed by atoms with Crippen LogP contribution < -0.4 is 15.2 Å². The zero-order valence-corrected chi connectivity index (χ0v) is 26.1.